The van der Waals surface area contributed by atoms with Crippen LogP contribution in [0.3, 0.4) is 0 Å². The van der Waals surface area contributed by atoms with Crippen LogP contribution >= 0.6 is 0 Å². The monoisotopic (exact) mass is 395 g/mol. The van der Waals surface area contributed by atoms with Crippen molar-refractivity contribution in [2.24, 2.45) is 4.99 Å². The van der Waals surface area contributed by atoms with E-state index in [1.807, 2.05) is 12.1 Å². The van der Waals surface area contributed by atoms with Gasteiger partial charge in [-0.3, -0.25) is 9.89 Å². The average molecular weight is 396 g/mol. The van der Waals surface area contributed by atoms with Crippen LogP contribution in [0.1, 0.15) is 31.9 Å². The summed E-state index contributed by atoms with van der Waals surface area (Å²) in [4.78, 5) is 18.2. The van der Waals surface area contributed by atoms with E-state index in [2.05, 4.69) is 68.5 Å². The van der Waals surface area contributed by atoms with Crippen molar-refractivity contribution in [2.45, 2.75) is 26.3 Å². The van der Waals surface area contributed by atoms with E-state index >= 15 is 0 Å². The van der Waals surface area contributed by atoms with Gasteiger partial charge in [-0.1, -0.05) is 30.3 Å². The topological polar surface area (TPSA) is 68.7 Å². The number of hydrogen-bond donors (Lipinski definition) is 2. The molecule has 0 spiro atoms. The smallest absolute Gasteiger partial charge is 0.225 e. The average Bonchev–Trinajstić information content (AvgIpc) is 2.78. The maximum Gasteiger partial charge on any atom is 0.225 e. The second-order valence-electron chi connectivity index (χ2n) is 7.27. The Morgan fingerprint density at radius 1 is 1.07 bits per heavy atom. The van der Waals surface area contributed by atoms with Crippen molar-refractivity contribution in [3.8, 4) is 0 Å². The number of nitrogens with zero attached hydrogens (tertiary/aromatic N) is 5. The standard InChI is InChI=1S/C22H33N7/c1-3-23-21(27-19(2)20-9-5-4-6-10-20)24-13-8-14-28-15-17-29(18-16-28)22-25-11-7-12-26-22/h4-7,9-12,19H,3,8,13-18H2,1-2H3,(H2,23,24,27). The molecule has 29 heavy (non-hydrogen) atoms. The molecule has 156 valence electrons. The molecule has 1 aliphatic heterocycles. The third-order valence-corrected chi connectivity index (χ3v) is 5.11. The highest BCUT2D eigenvalue weighted by Crippen LogP contribution is 2.11. The predicted molar refractivity (Wildman–Crippen MR) is 119 cm³/mol. The molecular weight excluding hydrogens is 362 g/mol. The Bertz CT molecular complexity index is 727. The van der Waals surface area contributed by atoms with Crippen LogP contribution in [-0.4, -0.2) is 66.6 Å². The molecule has 1 saturated heterocycles. The first-order valence-corrected chi connectivity index (χ1v) is 10.6. The third-order valence-electron chi connectivity index (χ3n) is 5.11. The minimum absolute atomic E-state index is 0.224. The number of aliphatic imine (C=N–C) groups is 1. The van der Waals surface area contributed by atoms with Crippen molar-refractivity contribution < 1.29 is 0 Å². The number of anilines is 1. The van der Waals surface area contributed by atoms with Crippen molar-refractivity contribution >= 4 is 11.9 Å². The molecule has 2 N–H and O–H groups in total. The molecule has 0 radical (unpaired) electrons. The van der Waals surface area contributed by atoms with Crippen LogP contribution in [0.5, 0.6) is 0 Å². The summed E-state index contributed by atoms with van der Waals surface area (Å²) >= 11 is 0. The maximum absolute atomic E-state index is 4.76. The van der Waals surface area contributed by atoms with Crippen LogP contribution in [0, 0.1) is 0 Å². The van der Waals surface area contributed by atoms with E-state index in [4.69, 9.17) is 4.99 Å². The quantitative estimate of drug-likeness (QED) is 0.406. The second kappa shape index (κ2) is 11.4. The first-order valence-electron chi connectivity index (χ1n) is 10.6. The van der Waals surface area contributed by atoms with Gasteiger partial charge in [-0.05, 0) is 31.9 Å². The summed E-state index contributed by atoms with van der Waals surface area (Å²) in [5.74, 6) is 1.72. The molecular formula is C22H33N7. The molecule has 0 bridgehead atoms. The number of rotatable bonds is 8. The van der Waals surface area contributed by atoms with E-state index < -0.39 is 0 Å². The SMILES string of the molecule is CCNC(=NCCCN1CCN(c2ncccn2)CC1)NC(C)c1ccccc1. The largest absolute Gasteiger partial charge is 0.357 e. The van der Waals surface area contributed by atoms with Gasteiger partial charge in [-0.15, -0.1) is 0 Å². The van der Waals surface area contributed by atoms with Crippen molar-refractivity contribution in [3.63, 3.8) is 0 Å². The first kappa shape index (κ1) is 21.0. The number of guanidine groups is 1. The highest BCUT2D eigenvalue weighted by atomic mass is 15.3. The van der Waals surface area contributed by atoms with Crippen molar-refractivity contribution in [2.75, 3.05) is 50.7 Å². The van der Waals surface area contributed by atoms with Gasteiger partial charge < -0.3 is 15.5 Å². The Morgan fingerprint density at radius 3 is 2.48 bits per heavy atom. The number of hydrogen-bond acceptors (Lipinski definition) is 5. The fourth-order valence-corrected chi connectivity index (χ4v) is 3.46. The van der Waals surface area contributed by atoms with Gasteiger partial charge in [-0.2, -0.15) is 0 Å². The second-order valence-corrected chi connectivity index (χ2v) is 7.27. The minimum atomic E-state index is 0.224. The number of aromatic nitrogens is 2. The molecule has 7 heteroatoms. The molecule has 2 heterocycles. The molecule has 1 unspecified atom stereocenters. The van der Waals surface area contributed by atoms with Gasteiger partial charge in [0.25, 0.3) is 0 Å². The summed E-state index contributed by atoms with van der Waals surface area (Å²) in [6.07, 6.45) is 4.67. The first-order chi connectivity index (χ1) is 14.3. The maximum atomic E-state index is 4.76. The number of nitrogens with one attached hydrogen (secondary N) is 2. The summed E-state index contributed by atoms with van der Waals surface area (Å²) in [5, 5.41) is 6.85. The molecule has 1 aliphatic rings. The van der Waals surface area contributed by atoms with Gasteiger partial charge in [-0.25, -0.2) is 9.97 Å². The summed E-state index contributed by atoms with van der Waals surface area (Å²) < 4.78 is 0. The van der Waals surface area contributed by atoms with Gasteiger partial charge in [0.2, 0.25) is 5.95 Å². The van der Waals surface area contributed by atoms with Crippen LogP contribution in [0.4, 0.5) is 5.95 Å². The summed E-state index contributed by atoms with van der Waals surface area (Å²) in [6, 6.07) is 12.5. The third kappa shape index (κ3) is 6.71. The molecule has 0 saturated carbocycles. The minimum Gasteiger partial charge on any atom is -0.357 e. The van der Waals surface area contributed by atoms with Crippen LogP contribution in [0.25, 0.3) is 0 Å². The van der Waals surface area contributed by atoms with Crippen molar-refractivity contribution in [1.29, 1.82) is 0 Å². The van der Waals surface area contributed by atoms with Crippen molar-refractivity contribution in [1.82, 2.24) is 25.5 Å². The lowest BCUT2D eigenvalue weighted by molar-refractivity contribution is 0.255. The highest BCUT2D eigenvalue weighted by Gasteiger charge is 2.18. The zero-order chi connectivity index (χ0) is 20.3. The molecule has 3 rings (SSSR count). The van der Waals surface area contributed by atoms with Crippen LogP contribution in [0.15, 0.2) is 53.8 Å². The van der Waals surface area contributed by atoms with E-state index in [9.17, 15) is 0 Å². The predicted octanol–water partition coefficient (Wildman–Crippen LogP) is 2.31. The van der Waals surface area contributed by atoms with E-state index in [-0.39, 0.29) is 6.04 Å². The Labute approximate surface area is 174 Å². The number of benzene rings is 1. The normalized spacial score (nSPS) is 16.5. The lowest BCUT2D eigenvalue weighted by atomic mass is 10.1. The van der Waals surface area contributed by atoms with Crippen molar-refractivity contribution in [3.05, 3.63) is 54.4 Å². The van der Waals surface area contributed by atoms with Crippen LogP contribution in [-0.2, 0) is 0 Å². The zero-order valence-corrected chi connectivity index (χ0v) is 17.6. The van der Waals surface area contributed by atoms with Gasteiger partial charge >= 0.3 is 0 Å². The summed E-state index contributed by atoms with van der Waals surface area (Å²) in [6.45, 7) is 11.1. The lowest BCUT2D eigenvalue weighted by Gasteiger charge is -2.34. The molecule has 1 atom stereocenters. The Hall–Kier alpha value is -2.67. The fraction of sp³-hybridized carbons (Fsp3) is 0.500. The van der Waals surface area contributed by atoms with E-state index in [0.717, 1.165) is 64.1 Å². The molecule has 2 aromatic rings. The molecule has 0 amide bonds. The molecule has 1 fully saturated rings. The lowest BCUT2D eigenvalue weighted by Crippen LogP contribution is -2.47. The van der Waals surface area contributed by atoms with Gasteiger partial charge in [0.15, 0.2) is 5.96 Å². The Morgan fingerprint density at radius 2 is 1.79 bits per heavy atom. The summed E-state index contributed by atoms with van der Waals surface area (Å²) in [5.41, 5.74) is 1.26. The molecule has 1 aromatic carbocycles. The summed E-state index contributed by atoms with van der Waals surface area (Å²) in [7, 11) is 0. The molecule has 1 aromatic heterocycles. The fourth-order valence-electron chi connectivity index (χ4n) is 3.46. The van der Waals surface area contributed by atoms with Gasteiger partial charge in [0.1, 0.15) is 0 Å². The Kier molecular flexibility index (Phi) is 8.25. The molecule has 7 nitrogen and oxygen atoms in total. The van der Waals surface area contributed by atoms with E-state index in [1.54, 1.807) is 12.4 Å². The highest BCUT2D eigenvalue weighted by molar-refractivity contribution is 5.80. The van der Waals surface area contributed by atoms with Crippen LogP contribution < -0.4 is 15.5 Å². The zero-order valence-electron chi connectivity index (χ0n) is 17.6. The van der Waals surface area contributed by atoms with Gasteiger partial charge in [0.05, 0.1) is 6.04 Å². The number of piperazine rings is 1. The molecule has 0 aliphatic carbocycles. The van der Waals surface area contributed by atoms with Crippen LogP contribution in [0.2, 0.25) is 0 Å². The Balaban J connectivity index is 1.40. The van der Waals surface area contributed by atoms with E-state index in [1.165, 1.54) is 5.56 Å². The van der Waals surface area contributed by atoms with Gasteiger partial charge in [0, 0.05) is 58.2 Å². The van der Waals surface area contributed by atoms with E-state index in [0.29, 0.717) is 0 Å².